The van der Waals surface area contributed by atoms with E-state index in [-0.39, 0.29) is 0 Å². The highest BCUT2D eigenvalue weighted by molar-refractivity contribution is 5.79. The quantitative estimate of drug-likeness (QED) is 0.801. The van der Waals surface area contributed by atoms with Crippen molar-refractivity contribution in [2.45, 2.75) is 63.9 Å². The molecule has 0 N–H and O–H groups in total. The van der Waals surface area contributed by atoms with Crippen LogP contribution in [-0.4, -0.2) is 61.1 Å². The van der Waals surface area contributed by atoms with Crippen LogP contribution in [0, 0.1) is 11.3 Å². The van der Waals surface area contributed by atoms with Crippen molar-refractivity contribution in [2.75, 3.05) is 39.3 Å². The molecule has 3 aliphatic heterocycles. The zero-order valence-electron chi connectivity index (χ0n) is 14.5. The Balaban J connectivity index is 1.29. The lowest BCUT2D eigenvalue weighted by atomic mass is 9.72. The molecule has 4 rings (SSSR count). The average molecular weight is 320 g/mol. The summed E-state index contributed by atoms with van der Waals surface area (Å²) in [7, 11) is 0. The van der Waals surface area contributed by atoms with Crippen LogP contribution in [0.25, 0.3) is 0 Å². The van der Waals surface area contributed by atoms with Gasteiger partial charge < -0.3 is 14.5 Å². The molecule has 0 bridgehead atoms. The number of rotatable bonds is 3. The number of nitrogens with zero attached hydrogens (tertiary/aromatic N) is 2. The summed E-state index contributed by atoms with van der Waals surface area (Å²) in [4.78, 5) is 17.4. The van der Waals surface area contributed by atoms with Crippen LogP contribution in [-0.2, 0) is 9.53 Å². The van der Waals surface area contributed by atoms with Gasteiger partial charge in [0.25, 0.3) is 0 Å². The van der Waals surface area contributed by atoms with Crippen molar-refractivity contribution < 1.29 is 9.53 Å². The Hall–Kier alpha value is -0.610. The molecular formula is C19H32N2O2. The number of hydrogen-bond donors (Lipinski definition) is 0. The molecule has 0 aromatic carbocycles. The number of carbonyl (C=O) groups excluding carboxylic acids is 1. The molecule has 0 radical (unpaired) electrons. The van der Waals surface area contributed by atoms with Gasteiger partial charge in [-0.05, 0) is 69.9 Å². The molecule has 1 saturated carbocycles. The van der Waals surface area contributed by atoms with Gasteiger partial charge in [-0.1, -0.05) is 6.42 Å². The van der Waals surface area contributed by atoms with Crippen LogP contribution in [0.2, 0.25) is 0 Å². The highest BCUT2D eigenvalue weighted by Gasteiger charge is 2.41. The molecule has 4 heteroatoms. The Labute approximate surface area is 140 Å². The van der Waals surface area contributed by atoms with Crippen molar-refractivity contribution in [1.29, 1.82) is 0 Å². The second-order valence-corrected chi connectivity index (χ2v) is 8.43. The van der Waals surface area contributed by atoms with Gasteiger partial charge in [0.15, 0.2) is 0 Å². The van der Waals surface area contributed by atoms with Gasteiger partial charge in [-0.2, -0.15) is 0 Å². The molecule has 1 atom stereocenters. The molecule has 4 fully saturated rings. The van der Waals surface area contributed by atoms with Crippen LogP contribution in [0.15, 0.2) is 0 Å². The van der Waals surface area contributed by atoms with Crippen molar-refractivity contribution in [2.24, 2.45) is 11.3 Å². The van der Waals surface area contributed by atoms with Gasteiger partial charge in [-0.15, -0.1) is 0 Å². The van der Waals surface area contributed by atoms with Crippen LogP contribution >= 0.6 is 0 Å². The van der Waals surface area contributed by atoms with E-state index >= 15 is 0 Å². The Morgan fingerprint density at radius 2 is 1.83 bits per heavy atom. The van der Waals surface area contributed by atoms with Crippen molar-refractivity contribution in [3.63, 3.8) is 0 Å². The van der Waals surface area contributed by atoms with Gasteiger partial charge >= 0.3 is 0 Å². The van der Waals surface area contributed by atoms with E-state index < -0.39 is 0 Å². The fraction of sp³-hybridized carbons (Fsp3) is 0.947. The Morgan fingerprint density at radius 1 is 1.00 bits per heavy atom. The van der Waals surface area contributed by atoms with E-state index in [4.69, 9.17) is 4.74 Å². The van der Waals surface area contributed by atoms with Crippen molar-refractivity contribution in [1.82, 2.24) is 9.80 Å². The minimum Gasteiger partial charge on any atom is -0.377 e. The topological polar surface area (TPSA) is 32.8 Å². The summed E-state index contributed by atoms with van der Waals surface area (Å²) in [5, 5.41) is 0. The van der Waals surface area contributed by atoms with E-state index in [1.807, 2.05) is 0 Å². The van der Waals surface area contributed by atoms with Gasteiger partial charge in [0.05, 0.1) is 6.10 Å². The van der Waals surface area contributed by atoms with Gasteiger partial charge in [-0.3, -0.25) is 4.79 Å². The molecule has 130 valence electrons. The first-order valence-electron chi connectivity index (χ1n) is 9.87. The predicted octanol–water partition coefficient (Wildman–Crippen LogP) is 2.67. The number of ether oxygens (including phenoxy) is 1. The van der Waals surface area contributed by atoms with Crippen LogP contribution in [0.5, 0.6) is 0 Å². The minimum atomic E-state index is 0.366. The first-order valence-corrected chi connectivity index (χ1v) is 9.87. The SMILES string of the molecule is O=C(C1CCC1)N1CCCC2(CCN(C[C@@H]3CCCO3)CC2)C1. The fourth-order valence-corrected chi connectivity index (χ4v) is 5.00. The van der Waals surface area contributed by atoms with Crippen LogP contribution in [0.1, 0.15) is 57.8 Å². The molecule has 4 nitrogen and oxygen atoms in total. The third-order valence-corrected chi connectivity index (χ3v) is 6.83. The second kappa shape index (κ2) is 6.72. The maximum Gasteiger partial charge on any atom is 0.225 e. The molecule has 0 aromatic rings. The van der Waals surface area contributed by atoms with Crippen LogP contribution in [0.4, 0.5) is 0 Å². The first kappa shape index (κ1) is 15.9. The number of piperidine rings is 2. The summed E-state index contributed by atoms with van der Waals surface area (Å²) < 4.78 is 5.79. The average Bonchev–Trinajstić information content (AvgIpc) is 3.01. The van der Waals surface area contributed by atoms with Crippen LogP contribution < -0.4 is 0 Å². The Kier molecular flexibility index (Phi) is 4.64. The number of hydrogen-bond acceptors (Lipinski definition) is 3. The Morgan fingerprint density at radius 3 is 2.48 bits per heavy atom. The molecule has 3 heterocycles. The largest absolute Gasteiger partial charge is 0.377 e. The lowest BCUT2D eigenvalue weighted by molar-refractivity contribution is -0.142. The molecule has 3 saturated heterocycles. The molecule has 0 unspecified atom stereocenters. The predicted molar refractivity (Wildman–Crippen MR) is 90.2 cm³/mol. The summed E-state index contributed by atoms with van der Waals surface area (Å²) in [5.74, 6) is 0.835. The van der Waals surface area contributed by atoms with E-state index in [1.165, 1.54) is 58.0 Å². The van der Waals surface area contributed by atoms with E-state index in [2.05, 4.69) is 9.80 Å². The van der Waals surface area contributed by atoms with Crippen LogP contribution in [0.3, 0.4) is 0 Å². The fourth-order valence-electron chi connectivity index (χ4n) is 5.00. The maximum atomic E-state index is 12.6. The monoisotopic (exact) mass is 320 g/mol. The summed E-state index contributed by atoms with van der Waals surface area (Å²) in [6.45, 7) is 6.53. The number of amides is 1. The highest BCUT2D eigenvalue weighted by Crippen LogP contribution is 2.41. The highest BCUT2D eigenvalue weighted by atomic mass is 16.5. The molecular weight excluding hydrogens is 288 g/mol. The van der Waals surface area contributed by atoms with Gasteiger partial charge in [-0.25, -0.2) is 0 Å². The van der Waals surface area contributed by atoms with Crippen molar-refractivity contribution in [3.05, 3.63) is 0 Å². The van der Waals surface area contributed by atoms with E-state index in [0.717, 1.165) is 39.1 Å². The normalized spacial score (nSPS) is 32.2. The summed E-state index contributed by atoms with van der Waals surface area (Å²) in [5.41, 5.74) is 0.421. The van der Waals surface area contributed by atoms with E-state index in [0.29, 0.717) is 23.3 Å². The Bertz CT molecular complexity index is 421. The lowest BCUT2D eigenvalue weighted by Crippen LogP contribution is -2.53. The molecule has 1 aliphatic carbocycles. The molecule has 0 aromatic heterocycles. The number of carbonyl (C=O) groups is 1. The van der Waals surface area contributed by atoms with Gasteiger partial charge in [0, 0.05) is 32.2 Å². The van der Waals surface area contributed by atoms with E-state index in [1.54, 1.807) is 0 Å². The third-order valence-electron chi connectivity index (χ3n) is 6.83. The molecule has 1 amide bonds. The minimum absolute atomic E-state index is 0.366. The summed E-state index contributed by atoms with van der Waals surface area (Å²) in [6.07, 6.45) is 11.6. The van der Waals surface area contributed by atoms with Crippen molar-refractivity contribution >= 4 is 5.91 Å². The first-order chi connectivity index (χ1) is 11.2. The third kappa shape index (κ3) is 3.43. The zero-order chi connectivity index (χ0) is 15.7. The maximum absolute atomic E-state index is 12.6. The van der Waals surface area contributed by atoms with Gasteiger partial charge in [0.2, 0.25) is 5.91 Å². The smallest absolute Gasteiger partial charge is 0.225 e. The molecule has 23 heavy (non-hydrogen) atoms. The standard InChI is InChI=1S/C19H32N2O2/c22-18(16-4-1-5-16)21-10-3-7-19(15-21)8-11-20(12-9-19)14-17-6-2-13-23-17/h16-17H,1-15H2/t17-/m0/s1. The lowest BCUT2D eigenvalue weighted by Gasteiger charge is -2.49. The molecule has 4 aliphatic rings. The van der Waals surface area contributed by atoms with E-state index in [9.17, 15) is 4.79 Å². The molecule has 1 spiro atoms. The second-order valence-electron chi connectivity index (χ2n) is 8.43. The summed E-state index contributed by atoms with van der Waals surface area (Å²) >= 11 is 0. The van der Waals surface area contributed by atoms with Crippen molar-refractivity contribution in [3.8, 4) is 0 Å². The zero-order valence-corrected chi connectivity index (χ0v) is 14.5. The number of likely N-dealkylation sites (tertiary alicyclic amines) is 2. The van der Waals surface area contributed by atoms with Gasteiger partial charge in [0.1, 0.15) is 0 Å². The summed E-state index contributed by atoms with van der Waals surface area (Å²) in [6, 6.07) is 0.